The molecule has 1 aliphatic rings. The van der Waals surface area contributed by atoms with E-state index in [4.69, 9.17) is 4.74 Å². The van der Waals surface area contributed by atoms with Crippen LogP contribution < -0.4 is 4.72 Å². The smallest absolute Gasteiger partial charge is 0.258 e. The Morgan fingerprint density at radius 3 is 2.94 bits per heavy atom. The van der Waals surface area contributed by atoms with Gasteiger partial charge in [0.05, 0.1) is 24.2 Å². The average Bonchev–Trinajstić information content (AvgIpc) is 2.77. The van der Waals surface area contributed by atoms with Crippen molar-refractivity contribution < 1.29 is 13.2 Å². The first-order chi connectivity index (χ1) is 7.44. The van der Waals surface area contributed by atoms with Crippen LogP contribution in [0.15, 0.2) is 17.6 Å². The third-order valence-corrected chi connectivity index (χ3v) is 4.55. The molecule has 90 valence electrons. The fourth-order valence-corrected chi connectivity index (χ4v) is 3.12. The van der Waals surface area contributed by atoms with Gasteiger partial charge in [0, 0.05) is 6.61 Å². The molecule has 2 heterocycles. The highest BCUT2D eigenvalue weighted by atomic mass is 32.2. The van der Waals surface area contributed by atoms with Crippen molar-refractivity contribution in [3.05, 3.63) is 12.5 Å². The number of ether oxygens (including phenoxy) is 1. The Labute approximate surface area is 94.5 Å². The lowest BCUT2D eigenvalue weighted by Gasteiger charge is -2.27. The second-order valence-corrected chi connectivity index (χ2v) is 5.85. The zero-order valence-corrected chi connectivity index (χ0v) is 10.0. The number of aromatic nitrogens is 2. The maximum absolute atomic E-state index is 12.0. The van der Waals surface area contributed by atoms with Crippen molar-refractivity contribution in [3.63, 3.8) is 0 Å². The lowest BCUT2D eigenvalue weighted by atomic mass is 9.97. The summed E-state index contributed by atoms with van der Waals surface area (Å²) in [6.45, 7) is 4.28. The Kier molecular flexibility index (Phi) is 2.77. The molecule has 6 nitrogen and oxygen atoms in total. The van der Waals surface area contributed by atoms with Gasteiger partial charge in [-0.3, -0.25) is 0 Å². The van der Waals surface area contributed by atoms with Gasteiger partial charge in [0.1, 0.15) is 0 Å². The van der Waals surface area contributed by atoms with Crippen molar-refractivity contribution in [2.45, 2.75) is 36.9 Å². The van der Waals surface area contributed by atoms with Gasteiger partial charge in [0.2, 0.25) is 0 Å². The Balaban J connectivity index is 2.22. The number of imidazole rings is 1. The Morgan fingerprint density at radius 1 is 1.69 bits per heavy atom. The Hall–Kier alpha value is -0.920. The number of sulfonamides is 1. The summed E-state index contributed by atoms with van der Waals surface area (Å²) in [6.07, 6.45) is 3.16. The van der Waals surface area contributed by atoms with Crippen LogP contribution in [0.25, 0.3) is 0 Å². The molecule has 1 aromatic rings. The second kappa shape index (κ2) is 3.83. The van der Waals surface area contributed by atoms with Crippen molar-refractivity contribution in [1.82, 2.24) is 14.7 Å². The summed E-state index contributed by atoms with van der Waals surface area (Å²) in [6, 6.07) is 0. The standard InChI is InChI=1S/C9H15N3O3S/c1-7-9(2,3-4-15-7)12-16(13,14)8-5-10-6-11-8/h5-7,12H,3-4H2,1-2H3,(H,10,11). The molecule has 1 fully saturated rings. The van der Waals surface area contributed by atoms with Crippen molar-refractivity contribution in [3.8, 4) is 0 Å². The fraction of sp³-hybridized carbons (Fsp3) is 0.667. The third kappa shape index (κ3) is 1.98. The molecule has 7 heteroatoms. The second-order valence-electron chi connectivity index (χ2n) is 4.20. The summed E-state index contributed by atoms with van der Waals surface area (Å²) in [5.74, 6) is 0. The van der Waals surface area contributed by atoms with Crippen molar-refractivity contribution in [1.29, 1.82) is 0 Å². The van der Waals surface area contributed by atoms with Crippen LogP contribution >= 0.6 is 0 Å². The number of aromatic amines is 1. The van der Waals surface area contributed by atoms with E-state index in [-0.39, 0.29) is 11.1 Å². The molecule has 0 radical (unpaired) electrons. The highest BCUT2D eigenvalue weighted by Gasteiger charge is 2.40. The number of nitrogens with zero attached hydrogens (tertiary/aromatic N) is 1. The molecule has 0 bridgehead atoms. The van der Waals surface area contributed by atoms with Crippen LogP contribution in [0.4, 0.5) is 0 Å². The predicted octanol–water partition coefficient (Wildman–Crippen LogP) is 0.255. The highest BCUT2D eigenvalue weighted by molar-refractivity contribution is 7.89. The minimum absolute atomic E-state index is 0.0767. The van der Waals surface area contributed by atoms with E-state index in [2.05, 4.69) is 14.7 Å². The van der Waals surface area contributed by atoms with E-state index in [0.29, 0.717) is 13.0 Å². The summed E-state index contributed by atoms with van der Waals surface area (Å²) in [7, 11) is -3.54. The van der Waals surface area contributed by atoms with Gasteiger partial charge in [-0.1, -0.05) is 0 Å². The maximum Gasteiger partial charge on any atom is 0.258 e. The number of hydrogen-bond acceptors (Lipinski definition) is 4. The zero-order valence-electron chi connectivity index (χ0n) is 9.23. The SMILES string of the molecule is CC1OCCC1(C)NS(=O)(=O)c1cnc[nH]1. The molecular weight excluding hydrogens is 230 g/mol. The molecule has 0 amide bonds. The van der Waals surface area contributed by atoms with Gasteiger partial charge in [-0.05, 0) is 20.3 Å². The molecule has 16 heavy (non-hydrogen) atoms. The summed E-state index contributed by atoms with van der Waals surface area (Å²) in [5.41, 5.74) is -0.552. The molecule has 1 aliphatic heterocycles. The van der Waals surface area contributed by atoms with Crippen molar-refractivity contribution >= 4 is 10.0 Å². The molecule has 2 atom stereocenters. The largest absolute Gasteiger partial charge is 0.376 e. The van der Waals surface area contributed by atoms with E-state index >= 15 is 0 Å². The van der Waals surface area contributed by atoms with Crippen LogP contribution in [0.5, 0.6) is 0 Å². The van der Waals surface area contributed by atoms with Crippen LogP contribution in [-0.4, -0.2) is 36.6 Å². The topological polar surface area (TPSA) is 84.1 Å². The Morgan fingerprint density at radius 2 is 2.44 bits per heavy atom. The maximum atomic E-state index is 12.0. The van der Waals surface area contributed by atoms with Crippen LogP contribution in [0.1, 0.15) is 20.3 Å². The predicted molar refractivity (Wildman–Crippen MR) is 57.3 cm³/mol. The number of rotatable bonds is 3. The summed E-state index contributed by atoms with van der Waals surface area (Å²) in [4.78, 5) is 6.28. The monoisotopic (exact) mass is 245 g/mol. The van der Waals surface area contributed by atoms with Crippen LogP contribution in [0.2, 0.25) is 0 Å². The summed E-state index contributed by atoms with van der Waals surface area (Å²) in [5, 5.41) is 0.0767. The number of hydrogen-bond donors (Lipinski definition) is 2. The van der Waals surface area contributed by atoms with Gasteiger partial charge in [-0.15, -0.1) is 0 Å². The first kappa shape index (κ1) is 11.6. The molecule has 1 saturated heterocycles. The average molecular weight is 245 g/mol. The van der Waals surface area contributed by atoms with Crippen LogP contribution in [0, 0.1) is 0 Å². The molecular formula is C9H15N3O3S. The van der Waals surface area contributed by atoms with E-state index in [1.807, 2.05) is 13.8 Å². The molecule has 2 rings (SSSR count). The Bertz CT molecular complexity index is 456. The number of nitrogens with one attached hydrogen (secondary N) is 2. The lowest BCUT2D eigenvalue weighted by Crippen LogP contribution is -2.50. The summed E-state index contributed by atoms with van der Waals surface area (Å²) < 4.78 is 32.0. The molecule has 0 spiro atoms. The van der Waals surface area contributed by atoms with Gasteiger partial charge in [0.25, 0.3) is 10.0 Å². The first-order valence-corrected chi connectivity index (χ1v) is 6.56. The zero-order chi connectivity index (χ0) is 11.8. The quantitative estimate of drug-likeness (QED) is 0.799. The highest BCUT2D eigenvalue weighted by Crippen LogP contribution is 2.26. The molecule has 2 N–H and O–H groups in total. The van der Waals surface area contributed by atoms with E-state index < -0.39 is 15.6 Å². The van der Waals surface area contributed by atoms with E-state index in [0.717, 1.165) is 0 Å². The summed E-state index contributed by atoms with van der Waals surface area (Å²) >= 11 is 0. The van der Waals surface area contributed by atoms with Gasteiger partial charge in [-0.25, -0.2) is 18.1 Å². The molecule has 2 unspecified atom stereocenters. The van der Waals surface area contributed by atoms with E-state index in [9.17, 15) is 8.42 Å². The fourth-order valence-electron chi connectivity index (χ4n) is 1.72. The van der Waals surface area contributed by atoms with Gasteiger partial charge < -0.3 is 9.72 Å². The first-order valence-electron chi connectivity index (χ1n) is 5.08. The van der Waals surface area contributed by atoms with Crippen molar-refractivity contribution in [2.24, 2.45) is 0 Å². The normalized spacial score (nSPS) is 30.8. The van der Waals surface area contributed by atoms with Crippen LogP contribution in [0.3, 0.4) is 0 Å². The molecule has 0 aliphatic carbocycles. The van der Waals surface area contributed by atoms with E-state index in [1.54, 1.807) is 0 Å². The minimum atomic E-state index is -3.54. The van der Waals surface area contributed by atoms with Crippen LogP contribution in [-0.2, 0) is 14.8 Å². The van der Waals surface area contributed by atoms with Gasteiger partial charge in [0.15, 0.2) is 5.03 Å². The van der Waals surface area contributed by atoms with E-state index in [1.165, 1.54) is 12.5 Å². The van der Waals surface area contributed by atoms with Gasteiger partial charge in [-0.2, -0.15) is 0 Å². The lowest BCUT2D eigenvalue weighted by molar-refractivity contribution is 0.0957. The minimum Gasteiger partial charge on any atom is -0.376 e. The number of H-pyrrole nitrogens is 1. The molecule has 1 aromatic heterocycles. The van der Waals surface area contributed by atoms with Gasteiger partial charge >= 0.3 is 0 Å². The molecule has 0 aromatic carbocycles. The third-order valence-electron chi connectivity index (χ3n) is 3.02. The van der Waals surface area contributed by atoms with Crippen molar-refractivity contribution in [2.75, 3.05) is 6.61 Å². The molecule has 0 saturated carbocycles.